The average Bonchev–Trinajstić information content (AvgIpc) is 2.84. The topological polar surface area (TPSA) is 90.3 Å². The molecule has 0 aliphatic heterocycles. The minimum absolute atomic E-state index is 0.155. The van der Waals surface area contributed by atoms with E-state index in [0.29, 0.717) is 11.4 Å². The molecule has 1 amide bonds. The van der Waals surface area contributed by atoms with Crippen LogP contribution in [-0.4, -0.2) is 33.5 Å². The first-order chi connectivity index (χ1) is 12.5. The van der Waals surface area contributed by atoms with Gasteiger partial charge in [-0.3, -0.25) is 14.3 Å². The third kappa shape index (κ3) is 4.61. The molecule has 1 heterocycles. The van der Waals surface area contributed by atoms with E-state index in [1.54, 1.807) is 20.9 Å². The summed E-state index contributed by atoms with van der Waals surface area (Å²) in [5.41, 5.74) is 1.28. The summed E-state index contributed by atoms with van der Waals surface area (Å²) in [6.07, 6.45) is -1.25. The van der Waals surface area contributed by atoms with Gasteiger partial charge >= 0.3 is 5.97 Å². The number of aromatic nitrogens is 2. The summed E-state index contributed by atoms with van der Waals surface area (Å²) in [6, 6.07) is 2.74. The lowest BCUT2D eigenvalue weighted by molar-refractivity contribution is -0.148. The van der Waals surface area contributed by atoms with Gasteiger partial charge < -0.3 is 10.1 Å². The zero-order valence-electron chi connectivity index (χ0n) is 14.9. The van der Waals surface area contributed by atoms with Crippen LogP contribution in [0.3, 0.4) is 0 Å². The molecule has 1 N–H and O–H groups in total. The fourth-order valence-corrected chi connectivity index (χ4v) is 2.92. The Morgan fingerprint density at radius 1 is 1.11 bits per heavy atom. The molecule has 0 bridgehead atoms. The lowest BCUT2D eigenvalue weighted by Gasteiger charge is -2.14. The molecule has 0 fully saturated rings. The lowest BCUT2D eigenvalue weighted by atomic mass is 10.1. The van der Waals surface area contributed by atoms with Gasteiger partial charge in [0.05, 0.1) is 32.0 Å². The van der Waals surface area contributed by atoms with Crippen LogP contribution in [0.25, 0.3) is 0 Å². The Balaban J connectivity index is 2.09. The number of nitrogens with one attached hydrogen (secondary N) is 1. The second-order valence-electron chi connectivity index (χ2n) is 5.78. The Morgan fingerprint density at radius 3 is 2.26 bits per heavy atom. The summed E-state index contributed by atoms with van der Waals surface area (Å²) in [6.45, 7) is 4.59. The van der Waals surface area contributed by atoms with Crippen LogP contribution in [0, 0.1) is 13.8 Å². The zero-order valence-corrected chi connectivity index (χ0v) is 17.2. The van der Waals surface area contributed by atoms with Crippen LogP contribution in [0.15, 0.2) is 12.1 Å². The van der Waals surface area contributed by atoms with E-state index in [2.05, 4.69) is 10.4 Å². The van der Waals surface area contributed by atoms with Crippen LogP contribution in [0.5, 0.6) is 0 Å². The molecule has 0 saturated carbocycles. The number of halogens is 3. The van der Waals surface area contributed by atoms with Gasteiger partial charge in [0.25, 0.3) is 11.7 Å². The molecule has 1 atom stereocenters. The van der Waals surface area contributed by atoms with Gasteiger partial charge in [0.2, 0.25) is 0 Å². The van der Waals surface area contributed by atoms with Crippen molar-refractivity contribution in [1.82, 2.24) is 9.78 Å². The Bertz CT molecular complexity index is 940. The number of hydrogen-bond acceptors (Lipinski definition) is 5. The van der Waals surface area contributed by atoms with E-state index in [0.717, 1.165) is 0 Å². The number of nitrogens with zero attached hydrogens (tertiary/aromatic N) is 2. The maximum absolute atomic E-state index is 12.3. The van der Waals surface area contributed by atoms with E-state index >= 15 is 0 Å². The number of carbonyl (C=O) groups excluding carboxylic acids is 3. The summed E-state index contributed by atoms with van der Waals surface area (Å²) in [7, 11) is 1.65. The normalized spacial score (nSPS) is 11.8. The molecule has 7 nitrogen and oxygen atoms in total. The van der Waals surface area contributed by atoms with E-state index in [1.807, 2.05) is 0 Å². The number of ketones is 1. The molecule has 1 aromatic heterocycles. The van der Waals surface area contributed by atoms with E-state index in [4.69, 9.17) is 39.5 Å². The highest BCUT2D eigenvalue weighted by Gasteiger charge is 2.28. The van der Waals surface area contributed by atoms with Crippen molar-refractivity contribution < 1.29 is 19.1 Å². The number of esters is 1. The van der Waals surface area contributed by atoms with Crippen molar-refractivity contribution in [2.24, 2.45) is 7.05 Å². The number of ether oxygens (including phenoxy) is 1. The van der Waals surface area contributed by atoms with Gasteiger partial charge in [-0.1, -0.05) is 34.8 Å². The van der Waals surface area contributed by atoms with Gasteiger partial charge in [-0.05, 0) is 32.9 Å². The molecular weight excluding hydrogens is 417 g/mol. The van der Waals surface area contributed by atoms with Crippen LogP contribution in [0.2, 0.25) is 15.1 Å². The third-order valence-corrected chi connectivity index (χ3v) is 4.88. The Kier molecular flexibility index (Phi) is 6.51. The molecule has 2 aromatic rings. The highest BCUT2D eigenvalue weighted by Crippen LogP contribution is 2.32. The standard InChI is InChI=1S/C17H16Cl3N3O4/c1-7-14(8(2)23(4)22-7)15(24)17(26)27-9(3)16(25)21-13-6-11(19)10(18)5-12(13)20/h5-6,9H,1-4H3,(H,21,25). The number of anilines is 1. The van der Waals surface area contributed by atoms with Crippen molar-refractivity contribution in [3.63, 3.8) is 0 Å². The first kappa shape index (κ1) is 21.2. The molecule has 0 aliphatic rings. The molecule has 0 saturated heterocycles. The largest absolute Gasteiger partial charge is 0.447 e. The maximum atomic E-state index is 12.3. The third-order valence-electron chi connectivity index (χ3n) is 3.84. The van der Waals surface area contributed by atoms with Crippen LogP contribution in [0.1, 0.15) is 28.7 Å². The van der Waals surface area contributed by atoms with Gasteiger partial charge in [-0.25, -0.2) is 4.79 Å². The number of hydrogen-bond donors (Lipinski definition) is 1. The average molecular weight is 433 g/mol. The lowest BCUT2D eigenvalue weighted by Crippen LogP contribution is -2.33. The molecule has 144 valence electrons. The van der Waals surface area contributed by atoms with Crippen molar-refractivity contribution in [3.8, 4) is 0 Å². The van der Waals surface area contributed by atoms with Crippen molar-refractivity contribution in [1.29, 1.82) is 0 Å². The van der Waals surface area contributed by atoms with Gasteiger partial charge in [-0.15, -0.1) is 0 Å². The second-order valence-corrected chi connectivity index (χ2v) is 7.00. The molecule has 0 spiro atoms. The smallest absolute Gasteiger partial charge is 0.380 e. The minimum atomic E-state index is -1.25. The predicted octanol–water partition coefficient (Wildman–Crippen LogP) is 3.75. The molecule has 10 heteroatoms. The molecular formula is C17H16Cl3N3O4. The number of aryl methyl sites for hydroxylation is 2. The molecule has 27 heavy (non-hydrogen) atoms. The van der Waals surface area contributed by atoms with E-state index < -0.39 is 23.8 Å². The SMILES string of the molecule is Cc1nn(C)c(C)c1C(=O)C(=O)OC(C)C(=O)Nc1cc(Cl)c(Cl)cc1Cl. The fraction of sp³-hybridized carbons (Fsp3) is 0.294. The van der Waals surface area contributed by atoms with Gasteiger partial charge in [0.1, 0.15) is 0 Å². The van der Waals surface area contributed by atoms with Crippen molar-refractivity contribution in [2.45, 2.75) is 26.9 Å². The van der Waals surface area contributed by atoms with Crippen LogP contribution in [-0.2, 0) is 21.4 Å². The van der Waals surface area contributed by atoms with Crippen LogP contribution in [0.4, 0.5) is 5.69 Å². The fourth-order valence-electron chi connectivity index (χ4n) is 2.32. The highest BCUT2D eigenvalue weighted by molar-refractivity contribution is 6.44. The highest BCUT2D eigenvalue weighted by atomic mass is 35.5. The molecule has 0 aliphatic carbocycles. The Labute approximate surface area is 170 Å². The van der Waals surface area contributed by atoms with Crippen molar-refractivity contribution >= 4 is 58.1 Å². The summed E-state index contributed by atoms with van der Waals surface area (Å²) in [5.74, 6) is -2.71. The molecule has 0 radical (unpaired) electrons. The van der Waals surface area contributed by atoms with Crippen LogP contribution < -0.4 is 5.32 Å². The summed E-state index contributed by atoms with van der Waals surface area (Å²) < 4.78 is 6.46. The van der Waals surface area contributed by atoms with E-state index in [9.17, 15) is 14.4 Å². The summed E-state index contributed by atoms with van der Waals surface area (Å²) in [5, 5.41) is 7.13. The van der Waals surface area contributed by atoms with E-state index in [1.165, 1.54) is 23.7 Å². The monoisotopic (exact) mass is 431 g/mol. The van der Waals surface area contributed by atoms with Crippen molar-refractivity contribution in [2.75, 3.05) is 5.32 Å². The Hall–Kier alpha value is -2.09. The Morgan fingerprint density at radius 2 is 1.70 bits per heavy atom. The first-order valence-corrected chi connectivity index (χ1v) is 8.87. The van der Waals surface area contributed by atoms with Crippen molar-refractivity contribution in [3.05, 3.63) is 44.2 Å². The van der Waals surface area contributed by atoms with Gasteiger partial charge in [0.15, 0.2) is 6.10 Å². The maximum Gasteiger partial charge on any atom is 0.380 e. The minimum Gasteiger partial charge on any atom is -0.447 e. The van der Waals surface area contributed by atoms with Gasteiger partial charge in [0, 0.05) is 12.7 Å². The first-order valence-electron chi connectivity index (χ1n) is 7.73. The molecule has 1 unspecified atom stereocenters. The summed E-state index contributed by atoms with van der Waals surface area (Å²) in [4.78, 5) is 36.7. The quantitative estimate of drug-likeness (QED) is 0.336. The number of Topliss-reactive ketones (excluding diaryl/α,β-unsaturated/α-hetero) is 1. The summed E-state index contributed by atoms with van der Waals surface area (Å²) >= 11 is 17.7. The number of carbonyl (C=O) groups is 3. The second kappa shape index (κ2) is 8.29. The number of benzene rings is 1. The predicted molar refractivity (Wildman–Crippen MR) is 103 cm³/mol. The van der Waals surface area contributed by atoms with E-state index in [-0.39, 0.29) is 26.3 Å². The van der Waals surface area contributed by atoms with Gasteiger partial charge in [-0.2, -0.15) is 5.10 Å². The molecule has 2 rings (SSSR count). The number of amides is 1. The van der Waals surface area contributed by atoms with Crippen LogP contribution >= 0.6 is 34.8 Å². The number of rotatable bonds is 5. The molecule has 1 aromatic carbocycles. The zero-order chi connectivity index (χ0) is 20.5.